The molecule has 0 aliphatic carbocycles. The second-order valence-corrected chi connectivity index (χ2v) is 6.28. The lowest BCUT2D eigenvalue weighted by atomic mass is 10.4. The zero-order chi connectivity index (χ0) is 10.7. The number of aromatic nitrogens is 1. The van der Waals surface area contributed by atoms with Crippen LogP contribution in [0.25, 0.3) is 0 Å². The monoisotopic (exact) mass is 258 g/mol. The number of rotatable bonds is 2. The van der Waals surface area contributed by atoms with Crippen molar-refractivity contribution in [3.05, 3.63) is 16.1 Å². The molecule has 0 atom stereocenters. The van der Waals surface area contributed by atoms with E-state index in [9.17, 15) is 0 Å². The molecule has 0 amide bonds. The second kappa shape index (κ2) is 5.27. The molecule has 0 bridgehead atoms. The molecule has 1 aliphatic rings. The maximum Gasteiger partial charge on any atom is 0.136 e. The molecule has 1 saturated heterocycles. The van der Waals surface area contributed by atoms with Gasteiger partial charge in [-0.05, 0) is 19.8 Å². The summed E-state index contributed by atoms with van der Waals surface area (Å²) < 4.78 is 1.04. The third kappa shape index (κ3) is 3.16. The summed E-state index contributed by atoms with van der Waals surface area (Å²) in [5.41, 5.74) is 1.16. The number of likely N-dealkylation sites (tertiary alicyclic amines) is 1. The zero-order valence-corrected chi connectivity index (χ0v) is 11.2. The highest BCUT2D eigenvalue weighted by Crippen LogP contribution is 2.20. The molecule has 2 nitrogen and oxygen atoms in total. The van der Waals surface area contributed by atoms with Crippen molar-refractivity contribution in [1.29, 1.82) is 0 Å². The van der Waals surface area contributed by atoms with Crippen LogP contribution in [0, 0.1) is 6.92 Å². The second-order valence-electron chi connectivity index (χ2n) is 3.61. The van der Waals surface area contributed by atoms with Crippen molar-refractivity contribution in [2.24, 2.45) is 0 Å². The molecule has 2 rings (SSSR count). The van der Waals surface area contributed by atoms with Crippen LogP contribution in [0.4, 0.5) is 0 Å². The summed E-state index contributed by atoms with van der Waals surface area (Å²) >= 11 is 8.83. The molecule has 5 heteroatoms. The van der Waals surface area contributed by atoms with Crippen molar-refractivity contribution in [2.45, 2.75) is 25.5 Å². The topological polar surface area (TPSA) is 16.1 Å². The highest BCUT2D eigenvalue weighted by Gasteiger charge is 2.15. The Balaban J connectivity index is 1.80. The number of thiazole rings is 1. The van der Waals surface area contributed by atoms with Crippen molar-refractivity contribution in [2.75, 3.05) is 13.1 Å². The van der Waals surface area contributed by atoms with Crippen LogP contribution in [0.1, 0.15) is 23.5 Å². The van der Waals surface area contributed by atoms with Crippen molar-refractivity contribution in [3.63, 3.8) is 0 Å². The summed E-state index contributed by atoms with van der Waals surface area (Å²) in [5, 5.41) is 3.26. The van der Waals surface area contributed by atoms with Gasteiger partial charge in [-0.3, -0.25) is 0 Å². The first kappa shape index (κ1) is 11.4. The van der Waals surface area contributed by atoms with Crippen LogP contribution in [0.3, 0.4) is 0 Å². The third-order valence-electron chi connectivity index (χ3n) is 2.37. The Kier molecular flexibility index (Phi) is 3.99. The van der Waals surface area contributed by atoms with E-state index < -0.39 is 0 Å². The van der Waals surface area contributed by atoms with Gasteiger partial charge in [0.2, 0.25) is 0 Å². The van der Waals surface area contributed by atoms with Crippen molar-refractivity contribution < 1.29 is 0 Å². The quantitative estimate of drug-likeness (QED) is 0.758. The molecule has 1 aromatic heterocycles. The van der Waals surface area contributed by atoms with Gasteiger partial charge in [-0.25, -0.2) is 4.98 Å². The Morgan fingerprint density at radius 1 is 1.60 bits per heavy atom. The molecule has 1 aromatic rings. The molecule has 0 spiro atoms. The van der Waals surface area contributed by atoms with E-state index in [2.05, 4.69) is 15.3 Å². The number of hydrogen-bond donors (Lipinski definition) is 0. The van der Waals surface area contributed by atoms with E-state index in [0.717, 1.165) is 33.9 Å². The fraction of sp³-hybridized carbons (Fsp3) is 0.600. The molecular formula is C10H14N2S3. The van der Waals surface area contributed by atoms with Crippen LogP contribution < -0.4 is 0 Å². The number of thiocarbonyl (C=S) groups is 1. The standard InChI is InChI=1S/C10H14N2S3/c1-8-11-9(6-14-8)7-15-10(13)12-4-2-3-5-12/h6H,2-5,7H2,1H3. The largest absolute Gasteiger partial charge is 0.358 e. The Bertz CT molecular complexity index is 342. The van der Waals surface area contributed by atoms with E-state index in [1.807, 2.05) is 6.92 Å². The first-order valence-corrected chi connectivity index (χ1v) is 7.36. The van der Waals surface area contributed by atoms with Crippen molar-refractivity contribution >= 4 is 39.6 Å². The normalized spacial score (nSPS) is 15.9. The fourth-order valence-electron chi connectivity index (χ4n) is 1.60. The molecule has 15 heavy (non-hydrogen) atoms. The van der Waals surface area contributed by atoms with Gasteiger partial charge in [-0.1, -0.05) is 24.0 Å². The average molecular weight is 258 g/mol. The molecule has 0 saturated carbocycles. The third-order valence-corrected chi connectivity index (χ3v) is 4.75. The van der Waals surface area contributed by atoms with Gasteiger partial charge in [-0.15, -0.1) is 11.3 Å². The molecular weight excluding hydrogens is 244 g/mol. The maximum atomic E-state index is 5.38. The van der Waals surface area contributed by atoms with Crippen molar-refractivity contribution in [1.82, 2.24) is 9.88 Å². The summed E-state index contributed by atoms with van der Waals surface area (Å²) in [5.74, 6) is 0.916. The number of thioether (sulfide) groups is 1. The van der Waals surface area contributed by atoms with E-state index in [1.54, 1.807) is 23.1 Å². The minimum Gasteiger partial charge on any atom is -0.358 e. The van der Waals surface area contributed by atoms with Gasteiger partial charge in [0.15, 0.2) is 0 Å². The lowest BCUT2D eigenvalue weighted by Gasteiger charge is -2.16. The smallest absolute Gasteiger partial charge is 0.136 e. The Hall–Kier alpha value is -0.130. The molecule has 1 fully saturated rings. The Labute approximate surface area is 104 Å². The average Bonchev–Trinajstić information content (AvgIpc) is 2.84. The SMILES string of the molecule is Cc1nc(CSC(=S)N2CCCC2)cs1. The molecule has 1 aliphatic heterocycles. The van der Waals surface area contributed by atoms with Crippen LogP contribution in [0.5, 0.6) is 0 Å². The van der Waals surface area contributed by atoms with Crippen LogP contribution in [0.2, 0.25) is 0 Å². The molecule has 0 aromatic carbocycles. The first-order valence-electron chi connectivity index (χ1n) is 5.08. The van der Waals surface area contributed by atoms with Crippen LogP contribution in [0.15, 0.2) is 5.38 Å². The van der Waals surface area contributed by atoms with Crippen LogP contribution >= 0.6 is 35.3 Å². The summed E-state index contributed by atoms with van der Waals surface area (Å²) in [6.45, 7) is 4.32. The highest BCUT2D eigenvalue weighted by molar-refractivity contribution is 8.22. The van der Waals surface area contributed by atoms with Crippen LogP contribution in [-0.4, -0.2) is 27.3 Å². The predicted octanol–water partition coefficient (Wildman–Crippen LogP) is 3.07. The molecule has 0 radical (unpaired) electrons. The minimum absolute atomic E-state index is 0.916. The van der Waals surface area contributed by atoms with E-state index in [1.165, 1.54) is 12.8 Å². The Morgan fingerprint density at radius 3 is 2.93 bits per heavy atom. The zero-order valence-electron chi connectivity index (χ0n) is 8.73. The molecule has 0 unspecified atom stereocenters. The summed E-state index contributed by atoms with van der Waals surface area (Å²) in [4.78, 5) is 6.73. The van der Waals surface area contributed by atoms with E-state index in [4.69, 9.17) is 12.2 Å². The van der Waals surface area contributed by atoms with Gasteiger partial charge in [0, 0.05) is 24.2 Å². The van der Waals surface area contributed by atoms with E-state index in [0.29, 0.717) is 0 Å². The van der Waals surface area contributed by atoms with E-state index >= 15 is 0 Å². The highest BCUT2D eigenvalue weighted by atomic mass is 32.2. The lowest BCUT2D eigenvalue weighted by molar-refractivity contribution is 0.539. The Morgan fingerprint density at radius 2 is 2.33 bits per heavy atom. The number of nitrogens with zero attached hydrogens (tertiary/aromatic N) is 2. The number of hydrogen-bond acceptors (Lipinski definition) is 4. The van der Waals surface area contributed by atoms with Gasteiger partial charge in [0.1, 0.15) is 4.32 Å². The first-order chi connectivity index (χ1) is 7.25. The van der Waals surface area contributed by atoms with Gasteiger partial charge >= 0.3 is 0 Å². The summed E-state index contributed by atoms with van der Waals surface area (Å²) in [6.07, 6.45) is 2.58. The minimum atomic E-state index is 0.916. The molecule has 82 valence electrons. The fourth-order valence-corrected chi connectivity index (χ4v) is 3.46. The number of aryl methyl sites for hydroxylation is 1. The molecule has 0 N–H and O–H groups in total. The molecule has 2 heterocycles. The van der Waals surface area contributed by atoms with E-state index in [-0.39, 0.29) is 0 Å². The van der Waals surface area contributed by atoms with Gasteiger partial charge in [0.05, 0.1) is 10.7 Å². The summed E-state index contributed by atoms with van der Waals surface area (Å²) in [7, 11) is 0. The predicted molar refractivity (Wildman–Crippen MR) is 71.6 cm³/mol. The van der Waals surface area contributed by atoms with Gasteiger partial charge in [-0.2, -0.15) is 0 Å². The van der Waals surface area contributed by atoms with Gasteiger partial charge in [0.25, 0.3) is 0 Å². The lowest BCUT2D eigenvalue weighted by Crippen LogP contribution is -2.23. The summed E-state index contributed by atoms with van der Waals surface area (Å²) in [6, 6.07) is 0. The maximum absolute atomic E-state index is 5.38. The van der Waals surface area contributed by atoms with Crippen LogP contribution in [-0.2, 0) is 5.75 Å². The van der Waals surface area contributed by atoms with Crippen molar-refractivity contribution in [3.8, 4) is 0 Å². The van der Waals surface area contributed by atoms with Gasteiger partial charge < -0.3 is 4.90 Å².